The Labute approximate surface area is 241 Å². The summed E-state index contributed by atoms with van der Waals surface area (Å²) in [5.41, 5.74) is 3.56. The predicted octanol–water partition coefficient (Wildman–Crippen LogP) is 8.43. The maximum absolute atomic E-state index is 13.2. The molecule has 0 saturated heterocycles. The third-order valence-electron chi connectivity index (χ3n) is 7.12. The number of hydrogen-bond acceptors (Lipinski definition) is 3. The molecule has 0 aliphatic rings. The van der Waals surface area contributed by atoms with Crippen LogP contribution in [0.2, 0.25) is 15.1 Å². The van der Waals surface area contributed by atoms with Crippen molar-refractivity contribution in [2.45, 2.75) is 64.8 Å². The standard InChI is InChI=1S/C30H37Cl3N4O/c1-5-17-30(6-2,7-3)35-19-10-8-9-18-34-29(38)27-21(4)28(22-11-13-23(31)14-12-22)37(36-27)26-16-15-24(32)20-25(26)33/h5,11-16,20,35H,1,6-10,17-19H2,2-4H3,(H,34,38). The number of amides is 1. The molecule has 0 aliphatic heterocycles. The van der Waals surface area contributed by atoms with Gasteiger partial charge >= 0.3 is 0 Å². The highest BCUT2D eigenvalue weighted by molar-refractivity contribution is 6.35. The first-order valence-electron chi connectivity index (χ1n) is 13.2. The molecule has 0 radical (unpaired) electrons. The smallest absolute Gasteiger partial charge is 0.272 e. The minimum absolute atomic E-state index is 0.140. The first kappa shape index (κ1) is 30.2. The highest BCUT2D eigenvalue weighted by atomic mass is 35.5. The van der Waals surface area contributed by atoms with Crippen LogP contribution in [-0.4, -0.2) is 34.3 Å². The van der Waals surface area contributed by atoms with Gasteiger partial charge in [-0.05, 0) is 75.9 Å². The van der Waals surface area contributed by atoms with Gasteiger partial charge in [0.25, 0.3) is 5.91 Å². The van der Waals surface area contributed by atoms with Gasteiger partial charge < -0.3 is 10.6 Å². The molecule has 0 spiro atoms. The number of aromatic nitrogens is 2. The van der Waals surface area contributed by atoms with Crippen molar-refractivity contribution < 1.29 is 4.79 Å². The zero-order chi connectivity index (χ0) is 27.7. The lowest BCUT2D eigenvalue weighted by molar-refractivity contribution is 0.0947. The van der Waals surface area contributed by atoms with Gasteiger partial charge in [-0.3, -0.25) is 4.79 Å². The Morgan fingerprint density at radius 2 is 1.66 bits per heavy atom. The molecule has 0 atom stereocenters. The van der Waals surface area contributed by atoms with Crippen molar-refractivity contribution in [2.75, 3.05) is 13.1 Å². The predicted molar refractivity (Wildman–Crippen MR) is 161 cm³/mol. The first-order valence-corrected chi connectivity index (χ1v) is 14.3. The molecule has 38 heavy (non-hydrogen) atoms. The lowest BCUT2D eigenvalue weighted by atomic mass is 9.89. The first-order chi connectivity index (χ1) is 18.2. The molecule has 3 aromatic rings. The van der Waals surface area contributed by atoms with E-state index in [4.69, 9.17) is 34.8 Å². The second-order valence-corrected chi connectivity index (χ2v) is 10.8. The summed E-state index contributed by atoms with van der Waals surface area (Å²) in [5.74, 6) is -0.207. The number of halogens is 3. The zero-order valence-corrected chi connectivity index (χ0v) is 24.7. The Morgan fingerprint density at radius 3 is 2.29 bits per heavy atom. The molecule has 0 saturated carbocycles. The monoisotopic (exact) mass is 574 g/mol. The van der Waals surface area contributed by atoms with E-state index in [0.717, 1.165) is 61.9 Å². The second-order valence-electron chi connectivity index (χ2n) is 9.56. The quantitative estimate of drug-likeness (QED) is 0.150. The van der Waals surface area contributed by atoms with Crippen LogP contribution in [-0.2, 0) is 0 Å². The number of unbranched alkanes of at least 4 members (excludes halogenated alkanes) is 2. The summed E-state index contributed by atoms with van der Waals surface area (Å²) in [7, 11) is 0. The SMILES string of the molecule is C=CCC(CC)(CC)NCCCCCNC(=O)c1nn(-c2ccc(Cl)cc2Cl)c(-c2ccc(Cl)cc2)c1C. The molecule has 2 aromatic carbocycles. The average molecular weight is 576 g/mol. The fourth-order valence-corrected chi connectivity index (χ4v) is 5.30. The van der Waals surface area contributed by atoms with Gasteiger partial charge in [0, 0.05) is 33.3 Å². The highest BCUT2D eigenvalue weighted by Crippen LogP contribution is 2.33. The van der Waals surface area contributed by atoms with Gasteiger partial charge in [-0.2, -0.15) is 5.10 Å². The van der Waals surface area contributed by atoms with Crippen molar-refractivity contribution in [3.63, 3.8) is 0 Å². The van der Waals surface area contributed by atoms with E-state index in [2.05, 4.69) is 36.2 Å². The van der Waals surface area contributed by atoms with Gasteiger partial charge in [0.15, 0.2) is 5.69 Å². The minimum Gasteiger partial charge on any atom is -0.351 e. The van der Waals surface area contributed by atoms with Crippen LogP contribution in [0.25, 0.3) is 16.9 Å². The Balaban J connectivity index is 1.68. The molecule has 1 aromatic heterocycles. The van der Waals surface area contributed by atoms with Gasteiger partial charge in [-0.15, -0.1) is 6.58 Å². The van der Waals surface area contributed by atoms with E-state index in [1.165, 1.54) is 0 Å². The Bertz CT molecular complexity index is 1230. The normalized spacial score (nSPS) is 11.5. The summed E-state index contributed by atoms with van der Waals surface area (Å²) in [4.78, 5) is 13.2. The number of nitrogens with one attached hydrogen (secondary N) is 2. The maximum Gasteiger partial charge on any atom is 0.272 e. The number of hydrogen-bond donors (Lipinski definition) is 2. The van der Waals surface area contributed by atoms with Crippen molar-refractivity contribution in [1.82, 2.24) is 20.4 Å². The van der Waals surface area contributed by atoms with E-state index in [9.17, 15) is 4.79 Å². The van der Waals surface area contributed by atoms with E-state index >= 15 is 0 Å². The second kappa shape index (κ2) is 14.2. The number of carbonyl (C=O) groups excluding carboxylic acids is 1. The third-order valence-corrected chi connectivity index (χ3v) is 7.91. The zero-order valence-electron chi connectivity index (χ0n) is 22.4. The molecular weight excluding hydrogens is 539 g/mol. The molecule has 0 fully saturated rings. The molecule has 2 N–H and O–H groups in total. The molecule has 8 heteroatoms. The fourth-order valence-electron chi connectivity index (χ4n) is 4.69. The van der Waals surface area contributed by atoms with E-state index in [-0.39, 0.29) is 11.4 Å². The van der Waals surface area contributed by atoms with Crippen LogP contribution < -0.4 is 10.6 Å². The fraction of sp³-hybridized carbons (Fsp3) is 0.400. The van der Waals surface area contributed by atoms with Crippen molar-refractivity contribution >= 4 is 40.7 Å². The molecule has 1 amide bonds. The van der Waals surface area contributed by atoms with Crippen molar-refractivity contribution in [3.05, 3.63) is 81.4 Å². The lowest BCUT2D eigenvalue weighted by Crippen LogP contribution is -2.44. The number of nitrogens with zero attached hydrogens (tertiary/aromatic N) is 2. The van der Waals surface area contributed by atoms with E-state index < -0.39 is 0 Å². The summed E-state index contributed by atoms with van der Waals surface area (Å²) < 4.78 is 1.70. The molecule has 0 bridgehead atoms. The Morgan fingerprint density at radius 1 is 1.00 bits per heavy atom. The van der Waals surface area contributed by atoms with E-state index in [1.807, 2.05) is 37.3 Å². The average Bonchev–Trinajstić information content (AvgIpc) is 3.24. The van der Waals surface area contributed by atoms with Crippen LogP contribution in [0.3, 0.4) is 0 Å². The summed E-state index contributed by atoms with van der Waals surface area (Å²) in [6, 6.07) is 12.7. The Kier molecular flexibility index (Phi) is 11.3. The molecule has 3 rings (SSSR count). The van der Waals surface area contributed by atoms with E-state index in [0.29, 0.717) is 33.0 Å². The van der Waals surface area contributed by atoms with Crippen LogP contribution >= 0.6 is 34.8 Å². The van der Waals surface area contributed by atoms with Crippen LogP contribution in [0.5, 0.6) is 0 Å². The summed E-state index contributed by atoms with van der Waals surface area (Å²) in [6.45, 7) is 11.8. The summed E-state index contributed by atoms with van der Waals surface area (Å²) >= 11 is 18.8. The summed E-state index contributed by atoms with van der Waals surface area (Å²) in [5, 5.41) is 13.1. The van der Waals surface area contributed by atoms with Gasteiger partial charge in [0.05, 0.1) is 16.4 Å². The largest absolute Gasteiger partial charge is 0.351 e. The van der Waals surface area contributed by atoms with Gasteiger partial charge in [-0.1, -0.05) is 73.3 Å². The van der Waals surface area contributed by atoms with Crippen molar-refractivity contribution in [3.8, 4) is 16.9 Å². The number of benzene rings is 2. The van der Waals surface area contributed by atoms with Crippen molar-refractivity contribution in [2.24, 2.45) is 0 Å². The molecule has 5 nitrogen and oxygen atoms in total. The van der Waals surface area contributed by atoms with Crippen molar-refractivity contribution in [1.29, 1.82) is 0 Å². The van der Waals surface area contributed by atoms with Crippen LogP contribution in [0.1, 0.15) is 68.4 Å². The lowest BCUT2D eigenvalue weighted by Gasteiger charge is -2.32. The Hall–Kier alpha value is -2.31. The van der Waals surface area contributed by atoms with Crippen LogP contribution in [0.4, 0.5) is 0 Å². The molecule has 1 heterocycles. The highest BCUT2D eigenvalue weighted by Gasteiger charge is 2.24. The number of rotatable bonds is 14. The van der Waals surface area contributed by atoms with Crippen LogP contribution in [0, 0.1) is 6.92 Å². The van der Waals surface area contributed by atoms with Gasteiger partial charge in [-0.25, -0.2) is 4.68 Å². The molecule has 0 aliphatic carbocycles. The summed E-state index contributed by atoms with van der Waals surface area (Å²) in [6.07, 6.45) is 8.10. The van der Waals surface area contributed by atoms with E-state index in [1.54, 1.807) is 22.9 Å². The number of carbonyl (C=O) groups is 1. The minimum atomic E-state index is -0.207. The topological polar surface area (TPSA) is 58.9 Å². The maximum atomic E-state index is 13.2. The molecule has 0 unspecified atom stereocenters. The third kappa shape index (κ3) is 7.41. The van der Waals surface area contributed by atoms with Gasteiger partial charge in [0.1, 0.15) is 0 Å². The molecule has 204 valence electrons. The molecular formula is C30H37Cl3N4O. The van der Waals surface area contributed by atoms with Gasteiger partial charge in [0.2, 0.25) is 0 Å². The van der Waals surface area contributed by atoms with Crippen LogP contribution in [0.15, 0.2) is 55.1 Å².